The van der Waals surface area contributed by atoms with Crippen molar-refractivity contribution in [2.24, 2.45) is 0 Å². The molecule has 2 aliphatic rings. The highest BCUT2D eigenvalue weighted by Gasteiger charge is 2.37. The Hall–Kier alpha value is -2.72. The van der Waals surface area contributed by atoms with E-state index in [0.717, 1.165) is 24.6 Å². The summed E-state index contributed by atoms with van der Waals surface area (Å²) >= 11 is 1.15. The number of hydrogen-bond donors (Lipinski definition) is 2. The Morgan fingerprint density at radius 2 is 1.97 bits per heavy atom. The van der Waals surface area contributed by atoms with Gasteiger partial charge in [0.25, 0.3) is 10.0 Å². The molecule has 2 aromatic rings. The normalized spacial score (nSPS) is 18.3. The Labute approximate surface area is 185 Å². The average Bonchev–Trinajstić information content (AvgIpc) is 3.29. The second kappa shape index (κ2) is 8.80. The number of likely N-dealkylation sites (tertiary alicyclic amines) is 1. The zero-order valence-corrected chi connectivity index (χ0v) is 18.6. The molecule has 2 N–H and O–H groups in total. The lowest BCUT2D eigenvalue weighted by atomic mass is 10.2. The van der Waals surface area contributed by atoms with Crippen molar-refractivity contribution in [1.29, 1.82) is 0 Å². The third-order valence-electron chi connectivity index (χ3n) is 5.08. The Bertz CT molecular complexity index is 1110. The third kappa shape index (κ3) is 4.49. The molecule has 4 rings (SSSR count). The minimum atomic E-state index is -3.91. The lowest BCUT2D eigenvalue weighted by Crippen LogP contribution is -2.43. The van der Waals surface area contributed by atoms with Crippen LogP contribution in [0.2, 0.25) is 0 Å². The van der Waals surface area contributed by atoms with Crippen LogP contribution >= 0.6 is 11.8 Å². The van der Waals surface area contributed by atoms with Gasteiger partial charge in [-0.05, 0) is 50.1 Å². The quantitative estimate of drug-likeness (QED) is 0.641. The number of fused-ring (bicyclic) bond motifs is 1. The van der Waals surface area contributed by atoms with Crippen molar-refractivity contribution >= 4 is 45.0 Å². The van der Waals surface area contributed by atoms with Crippen molar-refractivity contribution in [2.75, 3.05) is 29.7 Å². The predicted octanol–water partition coefficient (Wildman–Crippen LogP) is 2.92. The molecule has 2 heterocycles. The van der Waals surface area contributed by atoms with E-state index in [1.807, 2.05) is 6.92 Å². The van der Waals surface area contributed by atoms with Crippen LogP contribution in [-0.2, 0) is 19.6 Å². The molecule has 1 unspecified atom stereocenters. The zero-order valence-electron chi connectivity index (χ0n) is 17.0. The van der Waals surface area contributed by atoms with Gasteiger partial charge in [-0.3, -0.25) is 14.3 Å². The van der Waals surface area contributed by atoms with Crippen molar-refractivity contribution in [3.05, 3.63) is 42.5 Å². The number of para-hydroxylation sites is 2. The fourth-order valence-corrected chi connectivity index (χ4v) is 5.71. The molecular weight excluding hydrogens is 438 g/mol. The van der Waals surface area contributed by atoms with Gasteiger partial charge in [0, 0.05) is 18.0 Å². The number of benzene rings is 2. The van der Waals surface area contributed by atoms with E-state index < -0.39 is 21.2 Å². The fraction of sp³-hybridized carbons (Fsp3) is 0.333. The van der Waals surface area contributed by atoms with E-state index >= 15 is 0 Å². The smallest absolute Gasteiger partial charge is 0.262 e. The van der Waals surface area contributed by atoms with E-state index in [4.69, 9.17) is 4.74 Å². The predicted molar refractivity (Wildman–Crippen MR) is 119 cm³/mol. The van der Waals surface area contributed by atoms with Gasteiger partial charge in [0.1, 0.15) is 5.75 Å². The number of anilines is 2. The molecule has 10 heteroatoms. The van der Waals surface area contributed by atoms with Crippen molar-refractivity contribution in [1.82, 2.24) is 4.90 Å². The van der Waals surface area contributed by atoms with Gasteiger partial charge in [-0.1, -0.05) is 12.1 Å². The molecular formula is C21H23N3O5S2. The summed E-state index contributed by atoms with van der Waals surface area (Å²) in [5.74, 6) is -0.200. The molecule has 2 amide bonds. The maximum atomic E-state index is 12.9. The summed E-state index contributed by atoms with van der Waals surface area (Å²) in [4.78, 5) is 27.6. The van der Waals surface area contributed by atoms with Crippen LogP contribution in [0.25, 0.3) is 0 Å². The van der Waals surface area contributed by atoms with Gasteiger partial charge in [0.05, 0.1) is 22.9 Å². The van der Waals surface area contributed by atoms with E-state index in [1.54, 1.807) is 35.2 Å². The van der Waals surface area contributed by atoms with Gasteiger partial charge in [-0.2, -0.15) is 0 Å². The Morgan fingerprint density at radius 1 is 1.23 bits per heavy atom. The largest absolute Gasteiger partial charge is 0.492 e. The fourth-order valence-electron chi connectivity index (χ4n) is 3.56. The first-order valence-corrected chi connectivity index (χ1v) is 12.4. The van der Waals surface area contributed by atoms with Crippen LogP contribution in [0.15, 0.2) is 52.3 Å². The maximum absolute atomic E-state index is 12.9. The SMILES string of the molecule is CCOc1ccccc1NS(=O)(=O)c1ccc2c(c1)NC(=O)C(C(=O)N1CCCC1)S2. The highest BCUT2D eigenvalue weighted by molar-refractivity contribution is 8.01. The van der Waals surface area contributed by atoms with Gasteiger partial charge in [0.2, 0.25) is 11.8 Å². The maximum Gasteiger partial charge on any atom is 0.262 e. The number of carbonyl (C=O) groups is 2. The first-order valence-electron chi connectivity index (χ1n) is 10.0. The Balaban J connectivity index is 1.55. The molecule has 8 nitrogen and oxygen atoms in total. The number of hydrogen-bond acceptors (Lipinski definition) is 6. The Morgan fingerprint density at radius 3 is 2.71 bits per heavy atom. The molecule has 2 aliphatic heterocycles. The summed E-state index contributed by atoms with van der Waals surface area (Å²) in [6.07, 6.45) is 1.89. The van der Waals surface area contributed by atoms with Crippen molar-refractivity contribution in [2.45, 2.75) is 34.8 Å². The summed E-state index contributed by atoms with van der Waals surface area (Å²) in [6.45, 7) is 3.55. The van der Waals surface area contributed by atoms with Crippen LogP contribution in [-0.4, -0.2) is 50.1 Å². The van der Waals surface area contributed by atoms with Crippen LogP contribution in [0.3, 0.4) is 0 Å². The van der Waals surface area contributed by atoms with Crippen LogP contribution in [0.4, 0.5) is 11.4 Å². The van der Waals surface area contributed by atoms with Crippen molar-refractivity contribution in [3.63, 3.8) is 0 Å². The van der Waals surface area contributed by atoms with Crippen LogP contribution in [0, 0.1) is 0 Å². The number of amides is 2. The lowest BCUT2D eigenvalue weighted by molar-refractivity contribution is -0.133. The van der Waals surface area contributed by atoms with Gasteiger partial charge in [0.15, 0.2) is 5.25 Å². The van der Waals surface area contributed by atoms with Gasteiger partial charge in [-0.15, -0.1) is 11.8 Å². The first-order chi connectivity index (χ1) is 14.9. The molecule has 0 saturated carbocycles. The van der Waals surface area contributed by atoms with E-state index in [2.05, 4.69) is 10.0 Å². The molecule has 0 spiro atoms. The number of sulfonamides is 1. The summed E-state index contributed by atoms with van der Waals surface area (Å²) in [5.41, 5.74) is 0.707. The minimum Gasteiger partial charge on any atom is -0.492 e. The Kier molecular flexibility index (Phi) is 6.10. The molecule has 31 heavy (non-hydrogen) atoms. The average molecular weight is 462 g/mol. The van der Waals surface area contributed by atoms with Crippen LogP contribution in [0.1, 0.15) is 19.8 Å². The molecule has 2 aromatic carbocycles. The second-order valence-corrected chi connectivity index (χ2v) is 10.0. The molecule has 0 aliphatic carbocycles. The standard InChI is InChI=1S/C21H23N3O5S2/c1-2-29-17-8-4-3-7-15(17)23-31(27,28)14-9-10-18-16(13-14)22-20(25)19(30-18)21(26)24-11-5-6-12-24/h3-4,7-10,13,19,23H,2,5-6,11-12H2,1H3,(H,22,25). The molecule has 0 bridgehead atoms. The monoisotopic (exact) mass is 461 g/mol. The van der Waals surface area contributed by atoms with Crippen molar-refractivity contribution in [3.8, 4) is 5.75 Å². The molecule has 1 atom stereocenters. The van der Waals surface area contributed by atoms with Gasteiger partial charge >= 0.3 is 0 Å². The number of carbonyl (C=O) groups excluding carboxylic acids is 2. The first kappa shape index (κ1) is 21.5. The molecule has 0 aromatic heterocycles. The zero-order chi connectivity index (χ0) is 22.0. The van der Waals surface area contributed by atoms with E-state index in [1.165, 1.54) is 12.1 Å². The van der Waals surface area contributed by atoms with Gasteiger partial charge < -0.3 is 15.0 Å². The van der Waals surface area contributed by atoms with Crippen molar-refractivity contribution < 1.29 is 22.7 Å². The molecule has 1 saturated heterocycles. The number of nitrogens with zero attached hydrogens (tertiary/aromatic N) is 1. The number of rotatable bonds is 6. The van der Waals surface area contributed by atoms with Gasteiger partial charge in [-0.25, -0.2) is 8.42 Å². The summed E-state index contributed by atoms with van der Waals surface area (Å²) in [5, 5.41) is 1.84. The van der Waals surface area contributed by atoms with E-state index in [9.17, 15) is 18.0 Å². The van der Waals surface area contributed by atoms with E-state index in [-0.39, 0.29) is 10.8 Å². The molecule has 164 valence electrons. The number of nitrogens with one attached hydrogen (secondary N) is 2. The molecule has 0 radical (unpaired) electrons. The van der Waals surface area contributed by atoms with Crippen LogP contribution in [0.5, 0.6) is 5.75 Å². The summed E-state index contributed by atoms with van der Waals surface area (Å²) in [6, 6.07) is 11.3. The topological polar surface area (TPSA) is 105 Å². The highest BCUT2D eigenvalue weighted by Crippen LogP contribution is 2.38. The number of thioether (sulfide) groups is 1. The minimum absolute atomic E-state index is 0.00257. The lowest BCUT2D eigenvalue weighted by Gasteiger charge is -2.27. The molecule has 1 fully saturated rings. The number of ether oxygens (including phenoxy) is 1. The highest BCUT2D eigenvalue weighted by atomic mass is 32.2. The van der Waals surface area contributed by atoms with E-state index in [0.29, 0.717) is 41.7 Å². The summed E-state index contributed by atoms with van der Waals surface area (Å²) < 4.78 is 33.9. The summed E-state index contributed by atoms with van der Waals surface area (Å²) in [7, 11) is -3.91. The second-order valence-electron chi connectivity index (χ2n) is 7.21. The van der Waals surface area contributed by atoms with Crippen LogP contribution < -0.4 is 14.8 Å². The third-order valence-corrected chi connectivity index (χ3v) is 7.70.